The number of aliphatic hydroxyl groups is 1. The average molecular weight is 376 g/mol. The number of rotatable bonds is 2. The number of ketones is 1. The summed E-state index contributed by atoms with van der Waals surface area (Å²) >= 11 is 0. The third-order valence-corrected chi connectivity index (χ3v) is 4.10. The molecule has 1 aromatic rings. The molecule has 7 nitrogen and oxygen atoms in total. The number of fused-ring (bicyclic) bond motifs is 1. The van der Waals surface area contributed by atoms with Gasteiger partial charge in [0.25, 0.3) is 0 Å². The van der Waals surface area contributed by atoms with E-state index in [1.807, 2.05) is 0 Å². The maximum Gasteiger partial charge on any atom is 0.342 e. The zero-order valence-electron chi connectivity index (χ0n) is 15.6. The van der Waals surface area contributed by atoms with Crippen molar-refractivity contribution in [1.82, 2.24) is 0 Å². The Morgan fingerprint density at radius 1 is 1.11 bits per heavy atom. The molecule has 0 aliphatic carbocycles. The monoisotopic (exact) mass is 376 g/mol. The minimum Gasteiger partial charge on any atom is -0.504 e. The third kappa shape index (κ3) is 5.10. The summed E-state index contributed by atoms with van der Waals surface area (Å²) in [5, 5.41) is 20.5. The summed E-state index contributed by atoms with van der Waals surface area (Å²) < 4.78 is 15.8. The maximum absolute atomic E-state index is 12.7. The first-order valence-electron chi connectivity index (χ1n) is 8.60. The fourth-order valence-electron chi connectivity index (χ4n) is 2.76. The van der Waals surface area contributed by atoms with Crippen LogP contribution in [0.15, 0.2) is 24.3 Å². The molecule has 0 saturated heterocycles. The molecular weight excluding hydrogens is 352 g/mol. The van der Waals surface area contributed by atoms with Crippen LogP contribution in [-0.4, -0.2) is 48.4 Å². The quantitative estimate of drug-likeness (QED) is 0.765. The molecule has 0 fully saturated rings. The van der Waals surface area contributed by atoms with Crippen LogP contribution in [-0.2, 0) is 9.53 Å². The molecule has 0 amide bonds. The number of benzene rings is 1. The van der Waals surface area contributed by atoms with E-state index in [0.717, 1.165) is 0 Å². The molecule has 0 spiro atoms. The zero-order chi connectivity index (χ0) is 20.0. The first kappa shape index (κ1) is 20.5. The van der Waals surface area contributed by atoms with Crippen LogP contribution in [0.25, 0.3) is 6.08 Å². The summed E-state index contributed by atoms with van der Waals surface area (Å²) in [6.07, 6.45) is 5.34. The second-order valence-electron chi connectivity index (χ2n) is 6.24. The van der Waals surface area contributed by atoms with Gasteiger partial charge >= 0.3 is 5.97 Å². The molecule has 1 unspecified atom stereocenters. The Labute approximate surface area is 157 Å². The number of carbonyl (C=O) groups excluding carboxylic acids is 2. The van der Waals surface area contributed by atoms with Gasteiger partial charge in [-0.15, -0.1) is 0 Å². The molecule has 0 bridgehead atoms. The number of hydrogen-bond donors (Lipinski definition) is 2. The highest BCUT2D eigenvalue weighted by atomic mass is 16.5. The molecule has 27 heavy (non-hydrogen) atoms. The van der Waals surface area contributed by atoms with Crippen molar-refractivity contribution in [1.29, 1.82) is 0 Å². The van der Waals surface area contributed by atoms with E-state index < -0.39 is 18.2 Å². The lowest BCUT2D eigenvalue weighted by Crippen LogP contribution is -2.16. The maximum atomic E-state index is 12.7. The summed E-state index contributed by atoms with van der Waals surface area (Å²) in [5.74, 6) is -1.03. The molecule has 1 aliphatic rings. The molecule has 0 aromatic heterocycles. The van der Waals surface area contributed by atoms with Gasteiger partial charge in [-0.3, -0.25) is 4.79 Å². The number of ether oxygens (including phenoxy) is 3. The van der Waals surface area contributed by atoms with Crippen molar-refractivity contribution in [2.45, 2.75) is 38.4 Å². The van der Waals surface area contributed by atoms with Crippen molar-refractivity contribution >= 4 is 17.8 Å². The second-order valence-corrected chi connectivity index (χ2v) is 6.24. The molecule has 1 aliphatic heterocycles. The van der Waals surface area contributed by atoms with E-state index in [1.54, 1.807) is 31.2 Å². The number of aromatic hydroxyl groups is 1. The van der Waals surface area contributed by atoms with E-state index in [0.29, 0.717) is 12.0 Å². The Morgan fingerprint density at radius 2 is 1.81 bits per heavy atom. The highest BCUT2D eigenvalue weighted by Crippen LogP contribution is 2.42. The van der Waals surface area contributed by atoms with Gasteiger partial charge in [0.2, 0.25) is 5.75 Å². The lowest BCUT2D eigenvalue weighted by atomic mass is 10.0. The summed E-state index contributed by atoms with van der Waals surface area (Å²) in [6.45, 7) is 1.68. The van der Waals surface area contributed by atoms with E-state index in [2.05, 4.69) is 0 Å². The van der Waals surface area contributed by atoms with Crippen molar-refractivity contribution in [2.24, 2.45) is 0 Å². The van der Waals surface area contributed by atoms with Crippen LogP contribution in [0.4, 0.5) is 0 Å². The van der Waals surface area contributed by atoms with E-state index in [-0.39, 0.29) is 41.4 Å². The molecule has 1 aromatic carbocycles. The lowest BCUT2D eigenvalue weighted by molar-refractivity contribution is -0.116. The van der Waals surface area contributed by atoms with Gasteiger partial charge in [-0.05, 0) is 31.1 Å². The van der Waals surface area contributed by atoms with Crippen LogP contribution in [0.1, 0.15) is 42.1 Å². The van der Waals surface area contributed by atoms with Gasteiger partial charge in [0.05, 0.1) is 20.3 Å². The van der Waals surface area contributed by atoms with Gasteiger partial charge in [0.1, 0.15) is 11.7 Å². The van der Waals surface area contributed by atoms with E-state index in [9.17, 15) is 19.8 Å². The van der Waals surface area contributed by atoms with Gasteiger partial charge in [0, 0.05) is 12.8 Å². The number of allylic oxidation sites excluding steroid dienone is 1. The van der Waals surface area contributed by atoms with Crippen molar-refractivity contribution in [2.75, 3.05) is 14.2 Å². The minimum atomic E-state index is -0.845. The van der Waals surface area contributed by atoms with Gasteiger partial charge < -0.3 is 24.4 Å². The zero-order valence-corrected chi connectivity index (χ0v) is 15.6. The number of cyclic esters (lactones) is 1. The van der Waals surface area contributed by atoms with Gasteiger partial charge in [0.15, 0.2) is 17.3 Å². The number of hydrogen-bond acceptors (Lipinski definition) is 7. The minimum absolute atomic E-state index is 0.000943. The second kappa shape index (κ2) is 9.23. The summed E-state index contributed by atoms with van der Waals surface area (Å²) in [4.78, 5) is 24.4. The number of methoxy groups -OCH3 is 2. The van der Waals surface area contributed by atoms with E-state index in [4.69, 9.17) is 14.2 Å². The van der Waals surface area contributed by atoms with Gasteiger partial charge in [-0.1, -0.05) is 18.2 Å². The van der Waals surface area contributed by atoms with Crippen LogP contribution in [0.3, 0.4) is 0 Å². The lowest BCUT2D eigenvalue weighted by Gasteiger charge is -2.17. The Kier molecular flexibility index (Phi) is 7.01. The molecule has 0 radical (unpaired) electrons. The Hall–Kier alpha value is -2.80. The van der Waals surface area contributed by atoms with Crippen molar-refractivity contribution in [3.05, 3.63) is 35.4 Å². The van der Waals surface area contributed by atoms with Gasteiger partial charge in [-0.25, -0.2) is 4.79 Å². The third-order valence-electron chi connectivity index (χ3n) is 4.10. The molecule has 1 heterocycles. The topological polar surface area (TPSA) is 102 Å². The summed E-state index contributed by atoms with van der Waals surface area (Å²) in [5.41, 5.74) is 0.302. The largest absolute Gasteiger partial charge is 0.504 e. The van der Waals surface area contributed by atoms with Crippen LogP contribution < -0.4 is 9.47 Å². The summed E-state index contributed by atoms with van der Waals surface area (Å²) in [7, 11) is 2.77. The SMILES string of the molecule is COc1cc2c(c(O)c1OC)C(=O)O[C@@H](C)C/C=C\C(=O)CC(O)C/C=C/2. The number of esters is 1. The Balaban J connectivity index is 2.52. The number of aliphatic hydroxyl groups excluding tert-OH is 1. The highest BCUT2D eigenvalue weighted by Gasteiger charge is 2.25. The highest BCUT2D eigenvalue weighted by molar-refractivity contribution is 5.98. The standard InChI is InChI=1S/C20H24O7/c1-12-6-4-8-14(21)11-15(22)9-5-7-13-10-16(25-2)19(26-3)18(23)17(13)20(24)27-12/h4-5,7-8,10,12,15,22-23H,6,9,11H2,1-3H3/b7-5+,8-4-/t12-,15?/m0/s1. The van der Waals surface area contributed by atoms with E-state index in [1.165, 1.54) is 20.3 Å². The summed E-state index contributed by atoms with van der Waals surface area (Å²) in [6, 6.07) is 1.54. The molecule has 146 valence electrons. The normalized spacial score (nSPS) is 23.6. The number of phenolic OH excluding ortho intramolecular Hbond substituents is 1. The predicted octanol–water partition coefficient (Wildman–Crippen LogP) is 2.64. The molecular formula is C20H24O7. The average Bonchev–Trinajstić information content (AvgIpc) is 2.60. The Morgan fingerprint density at radius 3 is 2.48 bits per heavy atom. The molecule has 0 saturated carbocycles. The first-order valence-corrected chi connectivity index (χ1v) is 8.60. The number of carbonyl (C=O) groups is 2. The molecule has 2 atom stereocenters. The molecule has 2 N–H and O–H groups in total. The van der Waals surface area contributed by atoms with E-state index >= 15 is 0 Å². The van der Waals surface area contributed by atoms with Crippen LogP contribution >= 0.6 is 0 Å². The van der Waals surface area contributed by atoms with Crippen molar-refractivity contribution in [3.63, 3.8) is 0 Å². The predicted molar refractivity (Wildman–Crippen MR) is 99.1 cm³/mol. The molecule has 2 rings (SSSR count). The first-order chi connectivity index (χ1) is 12.9. The molecule has 7 heteroatoms. The fraction of sp³-hybridized carbons (Fsp3) is 0.400. The Bertz CT molecular complexity index is 764. The van der Waals surface area contributed by atoms with Crippen LogP contribution in [0.2, 0.25) is 0 Å². The van der Waals surface area contributed by atoms with Crippen molar-refractivity contribution in [3.8, 4) is 17.2 Å². The van der Waals surface area contributed by atoms with Crippen LogP contribution in [0.5, 0.6) is 17.2 Å². The van der Waals surface area contributed by atoms with Crippen molar-refractivity contribution < 1.29 is 34.0 Å². The van der Waals surface area contributed by atoms with Crippen LogP contribution in [0, 0.1) is 0 Å². The van der Waals surface area contributed by atoms with Gasteiger partial charge in [-0.2, -0.15) is 0 Å². The smallest absolute Gasteiger partial charge is 0.342 e. The number of phenols is 1. The fourth-order valence-corrected chi connectivity index (χ4v) is 2.76.